The molecule has 0 unspecified atom stereocenters. The zero-order chi connectivity index (χ0) is 19.1. The van der Waals surface area contributed by atoms with E-state index in [4.69, 9.17) is 4.43 Å². The Kier molecular flexibility index (Phi) is 8.32. The fraction of sp³-hybridized carbons (Fsp3) is 0.684. The van der Waals surface area contributed by atoms with Gasteiger partial charge in [0.1, 0.15) is 0 Å². The second-order valence-corrected chi connectivity index (χ2v) is 14.8. The summed E-state index contributed by atoms with van der Waals surface area (Å²) in [4.78, 5) is 0.334. The molecule has 25 heavy (non-hydrogen) atoms. The molecule has 144 valence electrons. The van der Waals surface area contributed by atoms with Gasteiger partial charge in [0.05, 0.1) is 4.90 Å². The van der Waals surface area contributed by atoms with E-state index < -0.39 is 18.3 Å². The normalized spacial score (nSPS) is 13.2. The minimum atomic E-state index is -3.38. The van der Waals surface area contributed by atoms with Crippen molar-refractivity contribution in [3.05, 3.63) is 29.8 Å². The topological polar surface area (TPSA) is 55.4 Å². The van der Waals surface area contributed by atoms with Crippen LogP contribution in [0.15, 0.2) is 29.2 Å². The quantitative estimate of drug-likeness (QED) is 0.462. The SMILES string of the molecule is Cc1ccc(S(=O)(=O)NCCCCCCO[Si](C)(C)C(C)(C)C)cc1. The van der Waals surface area contributed by atoms with Gasteiger partial charge in [0.15, 0.2) is 8.32 Å². The number of nitrogens with one attached hydrogen (secondary N) is 1. The zero-order valence-corrected chi connectivity index (χ0v) is 18.5. The van der Waals surface area contributed by atoms with E-state index in [1.807, 2.05) is 19.1 Å². The third-order valence-corrected chi connectivity index (χ3v) is 11.0. The van der Waals surface area contributed by atoms with Gasteiger partial charge in [-0.2, -0.15) is 0 Å². The molecule has 1 rings (SSSR count). The highest BCUT2D eigenvalue weighted by Crippen LogP contribution is 2.36. The first-order chi connectivity index (χ1) is 11.5. The Morgan fingerprint density at radius 2 is 1.56 bits per heavy atom. The summed E-state index contributed by atoms with van der Waals surface area (Å²) >= 11 is 0. The summed E-state index contributed by atoms with van der Waals surface area (Å²) in [5.74, 6) is 0. The highest BCUT2D eigenvalue weighted by Gasteiger charge is 2.36. The lowest BCUT2D eigenvalue weighted by molar-refractivity contribution is 0.277. The van der Waals surface area contributed by atoms with E-state index in [1.54, 1.807) is 12.1 Å². The van der Waals surface area contributed by atoms with E-state index >= 15 is 0 Å². The predicted molar refractivity (Wildman–Crippen MR) is 108 cm³/mol. The van der Waals surface area contributed by atoms with Crippen LogP contribution in [0, 0.1) is 6.92 Å². The molecular weight excluding hydrogens is 350 g/mol. The Morgan fingerprint density at radius 3 is 2.12 bits per heavy atom. The minimum absolute atomic E-state index is 0.251. The van der Waals surface area contributed by atoms with E-state index in [2.05, 4.69) is 38.6 Å². The van der Waals surface area contributed by atoms with Crippen LogP contribution in [0.1, 0.15) is 52.0 Å². The van der Waals surface area contributed by atoms with Gasteiger partial charge in [0.2, 0.25) is 10.0 Å². The number of unbranched alkanes of at least 4 members (excludes halogenated alkanes) is 3. The number of aryl methyl sites for hydroxylation is 1. The Bertz CT molecular complexity index is 619. The molecule has 0 fully saturated rings. The minimum Gasteiger partial charge on any atom is -0.417 e. The molecular formula is C19H35NO3SSi. The Labute approximate surface area is 155 Å². The van der Waals surface area contributed by atoms with Crippen molar-refractivity contribution in [3.63, 3.8) is 0 Å². The van der Waals surface area contributed by atoms with E-state index in [-0.39, 0.29) is 5.04 Å². The highest BCUT2D eigenvalue weighted by molar-refractivity contribution is 7.89. The molecule has 6 heteroatoms. The van der Waals surface area contributed by atoms with Crippen molar-refractivity contribution in [2.75, 3.05) is 13.2 Å². The first-order valence-corrected chi connectivity index (χ1v) is 13.6. The van der Waals surface area contributed by atoms with Gasteiger partial charge < -0.3 is 4.43 Å². The summed E-state index contributed by atoms with van der Waals surface area (Å²) in [5, 5.41) is 0.251. The van der Waals surface area contributed by atoms with Crippen LogP contribution in [0.4, 0.5) is 0 Å². The molecule has 0 aliphatic carbocycles. The third-order valence-electron chi connectivity index (χ3n) is 4.96. The Balaban J connectivity index is 2.19. The van der Waals surface area contributed by atoms with Gasteiger partial charge in [-0.05, 0) is 50.0 Å². The van der Waals surface area contributed by atoms with Crippen molar-refractivity contribution in [2.24, 2.45) is 0 Å². The van der Waals surface area contributed by atoms with Crippen LogP contribution in [-0.2, 0) is 14.4 Å². The van der Waals surface area contributed by atoms with Gasteiger partial charge in [-0.25, -0.2) is 13.1 Å². The maximum Gasteiger partial charge on any atom is 0.240 e. The van der Waals surface area contributed by atoms with Crippen LogP contribution in [0.2, 0.25) is 18.1 Å². The van der Waals surface area contributed by atoms with Crippen molar-refractivity contribution in [1.82, 2.24) is 4.72 Å². The fourth-order valence-electron chi connectivity index (χ4n) is 2.13. The van der Waals surface area contributed by atoms with Crippen molar-refractivity contribution < 1.29 is 12.8 Å². The second kappa shape index (κ2) is 9.30. The Hall–Kier alpha value is -0.693. The third kappa shape index (κ3) is 7.60. The molecule has 1 N–H and O–H groups in total. The van der Waals surface area contributed by atoms with Crippen molar-refractivity contribution in [2.45, 2.75) is 76.4 Å². The summed E-state index contributed by atoms with van der Waals surface area (Å²) in [6, 6.07) is 6.93. The van der Waals surface area contributed by atoms with Gasteiger partial charge in [0.25, 0.3) is 0 Å². The molecule has 1 aromatic carbocycles. The van der Waals surface area contributed by atoms with Crippen molar-refractivity contribution in [1.29, 1.82) is 0 Å². The van der Waals surface area contributed by atoms with Gasteiger partial charge in [-0.1, -0.05) is 51.3 Å². The van der Waals surface area contributed by atoms with Gasteiger partial charge in [0, 0.05) is 13.2 Å². The molecule has 0 aliphatic rings. The first-order valence-electron chi connectivity index (χ1n) is 9.16. The lowest BCUT2D eigenvalue weighted by atomic mass is 10.2. The number of hydrogen-bond donors (Lipinski definition) is 1. The van der Waals surface area contributed by atoms with E-state index in [0.29, 0.717) is 11.4 Å². The van der Waals surface area contributed by atoms with Crippen LogP contribution in [0.3, 0.4) is 0 Å². The van der Waals surface area contributed by atoms with Gasteiger partial charge in [-0.15, -0.1) is 0 Å². The number of benzene rings is 1. The van der Waals surface area contributed by atoms with Crippen molar-refractivity contribution >= 4 is 18.3 Å². The summed E-state index contributed by atoms with van der Waals surface area (Å²) in [7, 11) is -5.02. The molecule has 0 atom stereocenters. The molecule has 0 saturated carbocycles. The standard InChI is InChI=1S/C19H35NO3SSi/c1-17-11-13-18(14-12-17)24(21,22)20-15-9-7-8-10-16-23-25(5,6)19(2,3)4/h11-14,20H,7-10,15-16H2,1-6H3. The van der Waals surface area contributed by atoms with E-state index in [0.717, 1.165) is 37.9 Å². The largest absolute Gasteiger partial charge is 0.417 e. The lowest BCUT2D eigenvalue weighted by Crippen LogP contribution is -2.40. The predicted octanol–water partition coefficient (Wildman–Crippen LogP) is 4.86. The van der Waals surface area contributed by atoms with Crippen LogP contribution in [-0.4, -0.2) is 29.9 Å². The summed E-state index contributed by atoms with van der Waals surface area (Å²) in [6.07, 6.45) is 3.97. The molecule has 1 aromatic rings. The molecule has 0 amide bonds. The smallest absolute Gasteiger partial charge is 0.240 e. The summed E-state index contributed by atoms with van der Waals surface area (Å²) < 4.78 is 33.1. The molecule has 0 aromatic heterocycles. The van der Waals surface area contributed by atoms with Gasteiger partial charge >= 0.3 is 0 Å². The van der Waals surface area contributed by atoms with E-state index in [1.165, 1.54) is 0 Å². The average molecular weight is 386 g/mol. The first kappa shape index (κ1) is 22.3. The number of rotatable bonds is 10. The molecule has 0 aliphatic heterocycles. The van der Waals surface area contributed by atoms with Crippen LogP contribution in [0.25, 0.3) is 0 Å². The molecule has 0 bridgehead atoms. The molecule has 4 nitrogen and oxygen atoms in total. The average Bonchev–Trinajstić information content (AvgIpc) is 2.49. The number of hydrogen-bond acceptors (Lipinski definition) is 3. The van der Waals surface area contributed by atoms with Crippen molar-refractivity contribution in [3.8, 4) is 0 Å². The maximum absolute atomic E-state index is 12.2. The van der Waals surface area contributed by atoms with Crippen LogP contribution >= 0.6 is 0 Å². The Morgan fingerprint density at radius 1 is 1.00 bits per heavy atom. The number of sulfonamides is 1. The maximum atomic E-state index is 12.2. The highest BCUT2D eigenvalue weighted by atomic mass is 32.2. The van der Waals surface area contributed by atoms with Crippen LogP contribution in [0.5, 0.6) is 0 Å². The second-order valence-electron chi connectivity index (χ2n) is 8.23. The lowest BCUT2D eigenvalue weighted by Gasteiger charge is -2.36. The molecule has 0 radical (unpaired) electrons. The monoisotopic (exact) mass is 385 g/mol. The summed E-state index contributed by atoms with van der Waals surface area (Å²) in [6.45, 7) is 14.5. The molecule has 0 heterocycles. The molecule has 0 saturated heterocycles. The van der Waals surface area contributed by atoms with E-state index in [9.17, 15) is 8.42 Å². The van der Waals surface area contributed by atoms with Crippen LogP contribution < -0.4 is 4.72 Å². The fourth-order valence-corrected chi connectivity index (χ4v) is 4.29. The molecule has 0 spiro atoms. The van der Waals surface area contributed by atoms with Gasteiger partial charge in [-0.3, -0.25) is 0 Å². The zero-order valence-electron chi connectivity index (χ0n) is 16.7. The summed E-state index contributed by atoms with van der Waals surface area (Å²) in [5.41, 5.74) is 1.05.